The van der Waals surface area contributed by atoms with E-state index in [1.165, 1.54) is 29.8 Å². The van der Waals surface area contributed by atoms with Gasteiger partial charge in [0.2, 0.25) is 0 Å². The fraction of sp³-hybridized carbons (Fsp3) is 0.176. The van der Waals surface area contributed by atoms with Crippen LogP contribution in [0.5, 0.6) is 0 Å². The van der Waals surface area contributed by atoms with E-state index in [9.17, 15) is 19.2 Å². The fourth-order valence-corrected chi connectivity index (χ4v) is 6.54. The molecule has 6 aromatic heterocycles. The molecule has 6 N–H and O–H groups in total. The number of nitrogens with one attached hydrogen (secondary N) is 6. The van der Waals surface area contributed by atoms with E-state index >= 15 is 0 Å². The van der Waals surface area contributed by atoms with Crippen LogP contribution in [-0.2, 0) is 0 Å². The maximum atomic E-state index is 12.6. The first kappa shape index (κ1) is 35.1. The van der Waals surface area contributed by atoms with Crippen molar-refractivity contribution in [3.8, 4) is 31.7 Å². The molecule has 17 heteroatoms. The molecule has 14 nitrogen and oxygen atoms in total. The Labute approximate surface area is 304 Å². The van der Waals surface area contributed by atoms with Gasteiger partial charge in [0.05, 0.1) is 37.3 Å². The SMILES string of the molecule is O=C(NCCCNC(=O)c1cc(-c2cccs2)[nH]n1)c1ccc(-c2ccc(-c3cc(C(=O)NCCCNC(=O)c4cc(Cl)ccn4)n[nH]3)s2)nc1. The van der Waals surface area contributed by atoms with Gasteiger partial charge in [0.25, 0.3) is 23.6 Å². The normalized spacial score (nSPS) is 10.8. The molecule has 260 valence electrons. The zero-order valence-corrected chi connectivity index (χ0v) is 29.3. The Bertz CT molecular complexity index is 2130. The molecule has 6 rings (SSSR count). The summed E-state index contributed by atoms with van der Waals surface area (Å²) in [6.45, 7) is 1.45. The predicted molar refractivity (Wildman–Crippen MR) is 195 cm³/mol. The molecule has 0 unspecified atom stereocenters. The summed E-state index contributed by atoms with van der Waals surface area (Å²) >= 11 is 8.92. The minimum atomic E-state index is -0.338. The minimum Gasteiger partial charge on any atom is -0.352 e. The van der Waals surface area contributed by atoms with Crippen molar-refractivity contribution in [1.82, 2.24) is 51.6 Å². The lowest BCUT2D eigenvalue weighted by molar-refractivity contribution is 0.0931. The van der Waals surface area contributed by atoms with Crippen molar-refractivity contribution in [3.63, 3.8) is 0 Å². The van der Waals surface area contributed by atoms with Gasteiger partial charge in [-0.15, -0.1) is 22.7 Å². The molecule has 6 aromatic rings. The number of nitrogens with zero attached hydrogens (tertiary/aromatic N) is 4. The molecule has 0 atom stereocenters. The molecule has 0 saturated heterocycles. The highest BCUT2D eigenvalue weighted by Gasteiger charge is 2.15. The highest BCUT2D eigenvalue weighted by atomic mass is 35.5. The summed E-state index contributed by atoms with van der Waals surface area (Å²) in [5.74, 6) is -1.22. The van der Waals surface area contributed by atoms with Gasteiger partial charge in [0, 0.05) is 43.6 Å². The second kappa shape index (κ2) is 16.8. The lowest BCUT2D eigenvalue weighted by Crippen LogP contribution is -2.30. The zero-order chi connectivity index (χ0) is 35.6. The minimum absolute atomic E-state index is 0.228. The summed E-state index contributed by atoms with van der Waals surface area (Å²) in [5.41, 5.74) is 3.36. The van der Waals surface area contributed by atoms with E-state index < -0.39 is 0 Å². The third kappa shape index (κ3) is 9.30. The number of halogens is 1. The molecule has 0 aliphatic carbocycles. The smallest absolute Gasteiger partial charge is 0.271 e. The highest BCUT2D eigenvalue weighted by Crippen LogP contribution is 2.33. The van der Waals surface area contributed by atoms with E-state index in [1.807, 2.05) is 29.6 Å². The summed E-state index contributed by atoms with van der Waals surface area (Å²) in [4.78, 5) is 61.0. The lowest BCUT2D eigenvalue weighted by atomic mass is 10.2. The largest absolute Gasteiger partial charge is 0.352 e. The Morgan fingerprint density at radius 2 is 1.25 bits per heavy atom. The molecule has 6 heterocycles. The van der Waals surface area contributed by atoms with Gasteiger partial charge in [-0.05, 0) is 72.8 Å². The second-order valence-corrected chi connectivity index (χ2v) is 13.5. The summed E-state index contributed by atoms with van der Waals surface area (Å²) in [6.07, 6.45) is 4.04. The van der Waals surface area contributed by atoms with Crippen LogP contribution >= 0.6 is 34.3 Å². The van der Waals surface area contributed by atoms with E-state index in [-0.39, 0.29) is 35.0 Å². The highest BCUT2D eigenvalue weighted by molar-refractivity contribution is 7.18. The maximum absolute atomic E-state index is 12.6. The average Bonchev–Trinajstić information content (AvgIpc) is 3.98. The van der Waals surface area contributed by atoms with Gasteiger partial charge >= 0.3 is 0 Å². The number of thiophene rings is 2. The van der Waals surface area contributed by atoms with Crippen molar-refractivity contribution in [2.45, 2.75) is 12.8 Å². The number of hydrogen-bond acceptors (Lipinski definition) is 10. The molecule has 51 heavy (non-hydrogen) atoms. The number of H-pyrrole nitrogens is 2. The number of hydrogen-bond donors (Lipinski definition) is 6. The van der Waals surface area contributed by atoms with E-state index in [4.69, 9.17) is 11.6 Å². The molecular weight excluding hydrogens is 712 g/mol. The van der Waals surface area contributed by atoms with E-state index in [0.29, 0.717) is 66.7 Å². The summed E-state index contributed by atoms with van der Waals surface area (Å²) in [7, 11) is 0. The van der Waals surface area contributed by atoms with Gasteiger partial charge in [-0.1, -0.05) is 17.7 Å². The number of carbonyl (C=O) groups is 4. The van der Waals surface area contributed by atoms with E-state index in [0.717, 1.165) is 20.3 Å². The standard InChI is InChI=1S/C34H31ClN10O4S2/c35-21-9-14-36-25(16-21)32(47)38-11-3-13-40-34(49)27-18-24(43-45-27)30-8-7-29(51-30)22-6-5-20(19-41-22)31(46)37-10-2-12-39-33(48)26-17-23(42-44-26)28-4-1-15-50-28/h1,4-9,14-19H,2-3,10-13H2,(H,37,46)(H,38,47)(H,39,48)(H,40,49)(H,42,44)(H,43,45). The van der Waals surface area contributed by atoms with Crippen LogP contribution in [0.4, 0.5) is 0 Å². The molecule has 0 aromatic carbocycles. The molecule has 0 aliphatic heterocycles. The van der Waals surface area contributed by atoms with Crippen molar-refractivity contribution in [1.29, 1.82) is 0 Å². The van der Waals surface area contributed by atoms with Gasteiger partial charge in [0.15, 0.2) is 11.4 Å². The summed E-state index contributed by atoms with van der Waals surface area (Å²) in [6, 6.07) is 17.6. The van der Waals surface area contributed by atoms with Crippen LogP contribution < -0.4 is 21.3 Å². The second-order valence-electron chi connectivity index (χ2n) is 11.0. The quantitative estimate of drug-likeness (QED) is 0.0806. The first-order valence-electron chi connectivity index (χ1n) is 15.8. The average molecular weight is 743 g/mol. The van der Waals surface area contributed by atoms with Crippen LogP contribution in [0.1, 0.15) is 54.7 Å². The topological polar surface area (TPSA) is 200 Å². The van der Waals surface area contributed by atoms with Crippen molar-refractivity contribution in [2.24, 2.45) is 0 Å². The Balaban J connectivity index is 0.903. The number of rotatable bonds is 15. The van der Waals surface area contributed by atoms with Crippen molar-refractivity contribution < 1.29 is 19.2 Å². The van der Waals surface area contributed by atoms with Crippen molar-refractivity contribution >= 4 is 57.9 Å². The zero-order valence-electron chi connectivity index (χ0n) is 26.9. The van der Waals surface area contributed by atoms with Gasteiger partial charge in [0.1, 0.15) is 5.69 Å². The Morgan fingerprint density at radius 3 is 1.84 bits per heavy atom. The summed E-state index contributed by atoms with van der Waals surface area (Å²) < 4.78 is 0. The first-order valence-corrected chi connectivity index (χ1v) is 17.9. The number of aromatic amines is 2. The number of aromatic nitrogens is 6. The monoisotopic (exact) mass is 742 g/mol. The first-order chi connectivity index (χ1) is 24.8. The molecule has 0 spiro atoms. The van der Waals surface area contributed by atoms with Crippen LogP contribution in [-0.4, -0.2) is 80.2 Å². The van der Waals surface area contributed by atoms with Gasteiger partial charge < -0.3 is 21.3 Å². The Morgan fingerprint density at radius 1 is 0.647 bits per heavy atom. The van der Waals surface area contributed by atoms with Crippen LogP contribution in [0.3, 0.4) is 0 Å². The van der Waals surface area contributed by atoms with Crippen molar-refractivity contribution in [3.05, 3.63) is 106 Å². The van der Waals surface area contributed by atoms with Crippen LogP contribution in [0.2, 0.25) is 5.02 Å². The summed E-state index contributed by atoms with van der Waals surface area (Å²) in [5, 5.41) is 27.6. The molecule has 4 amide bonds. The lowest BCUT2D eigenvalue weighted by Gasteiger charge is -2.06. The van der Waals surface area contributed by atoms with Gasteiger partial charge in [-0.3, -0.25) is 39.3 Å². The van der Waals surface area contributed by atoms with E-state index in [1.54, 1.807) is 41.7 Å². The molecule has 0 fully saturated rings. The third-order valence-corrected chi connectivity index (χ3v) is 9.64. The molecule has 0 bridgehead atoms. The third-order valence-electron chi connectivity index (χ3n) is 7.36. The van der Waals surface area contributed by atoms with Crippen LogP contribution in [0.15, 0.2) is 78.4 Å². The number of amides is 4. The molecule has 0 radical (unpaired) electrons. The maximum Gasteiger partial charge on any atom is 0.271 e. The molecule has 0 saturated carbocycles. The Kier molecular flexibility index (Phi) is 11.6. The predicted octanol–water partition coefficient (Wildman–Crippen LogP) is 4.80. The fourth-order valence-electron chi connectivity index (χ4n) is 4.74. The van der Waals surface area contributed by atoms with E-state index in [2.05, 4.69) is 51.6 Å². The van der Waals surface area contributed by atoms with Crippen LogP contribution in [0.25, 0.3) is 31.7 Å². The number of pyridine rings is 2. The molecular formula is C34H31ClN10O4S2. The molecule has 0 aliphatic rings. The Hall–Kier alpha value is -5.71. The van der Waals surface area contributed by atoms with Crippen molar-refractivity contribution in [2.75, 3.05) is 26.2 Å². The van der Waals surface area contributed by atoms with Gasteiger partial charge in [-0.2, -0.15) is 10.2 Å². The van der Waals surface area contributed by atoms with Gasteiger partial charge in [-0.25, -0.2) is 0 Å². The number of carbonyl (C=O) groups excluding carboxylic acids is 4. The van der Waals surface area contributed by atoms with Crippen LogP contribution in [0, 0.1) is 0 Å².